The van der Waals surface area contributed by atoms with E-state index in [0.717, 1.165) is 9.79 Å². The van der Waals surface area contributed by atoms with Crippen LogP contribution >= 0.6 is 35.0 Å². The van der Waals surface area contributed by atoms with Crippen LogP contribution in [0.3, 0.4) is 0 Å². The third kappa shape index (κ3) is 3.39. The van der Waals surface area contributed by atoms with Crippen molar-refractivity contribution >= 4 is 46.6 Å². The Hall–Kier alpha value is -1.36. The molecular formula is C14H11Cl2NO2S. The zero-order chi connectivity index (χ0) is 14.7. The Balaban J connectivity index is 2.34. The fourth-order valence-electron chi connectivity index (χ4n) is 1.57. The summed E-state index contributed by atoms with van der Waals surface area (Å²) in [5.41, 5.74) is 6.46. The van der Waals surface area contributed by atoms with Gasteiger partial charge in [0.2, 0.25) is 0 Å². The first kappa shape index (κ1) is 15.0. The maximum absolute atomic E-state index is 11.6. The van der Waals surface area contributed by atoms with Gasteiger partial charge in [-0.05, 0) is 36.4 Å². The summed E-state index contributed by atoms with van der Waals surface area (Å²) in [5, 5.41) is 1.19. The fraction of sp³-hybridized carbons (Fsp3) is 0.0714. The molecule has 2 rings (SSSR count). The number of ether oxygens (including phenoxy) is 1. The Kier molecular flexibility index (Phi) is 4.81. The van der Waals surface area contributed by atoms with E-state index in [9.17, 15) is 4.79 Å². The first-order chi connectivity index (χ1) is 9.51. The van der Waals surface area contributed by atoms with Crippen molar-refractivity contribution in [2.75, 3.05) is 12.8 Å². The minimum absolute atomic E-state index is 0.329. The van der Waals surface area contributed by atoms with Gasteiger partial charge in [0.1, 0.15) is 0 Å². The van der Waals surface area contributed by atoms with Crippen molar-refractivity contribution in [2.24, 2.45) is 0 Å². The van der Waals surface area contributed by atoms with Gasteiger partial charge in [-0.1, -0.05) is 35.0 Å². The van der Waals surface area contributed by atoms with Crippen LogP contribution in [0.15, 0.2) is 46.2 Å². The molecule has 6 heteroatoms. The molecule has 0 amide bonds. The highest BCUT2D eigenvalue weighted by Crippen LogP contribution is 2.36. The standard InChI is InChI=1S/C14H11Cl2NO2S/c1-19-14(18)10-7-9(3-5-12(10)17)20-13-6-8(15)2-4-11(13)16/h2-7H,17H2,1H3. The van der Waals surface area contributed by atoms with E-state index in [-0.39, 0.29) is 0 Å². The van der Waals surface area contributed by atoms with Gasteiger partial charge in [0.05, 0.1) is 17.7 Å². The molecule has 2 aromatic carbocycles. The number of benzene rings is 2. The molecule has 0 saturated carbocycles. The molecule has 0 aliphatic rings. The van der Waals surface area contributed by atoms with Gasteiger partial charge < -0.3 is 10.5 Å². The Bertz CT molecular complexity index is 662. The molecule has 0 bridgehead atoms. The number of carbonyl (C=O) groups excluding carboxylic acids is 1. The molecule has 0 fully saturated rings. The smallest absolute Gasteiger partial charge is 0.339 e. The Morgan fingerprint density at radius 1 is 1.20 bits per heavy atom. The number of hydrogen-bond acceptors (Lipinski definition) is 4. The van der Waals surface area contributed by atoms with Crippen LogP contribution in [-0.4, -0.2) is 13.1 Å². The van der Waals surface area contributed by atoms with Gasteiger partial charge in [0.15, 0.2) is 0 Å². The van der Waals surface area contributed by atoms with Crippen molar-refractivity contribution in [1.29, 1.82) is 0 Å². The number of anilines is 1. The largest absolute Gasteiger partial charge is 0.465 e. The summed E-state index contributed by atoms with van der Waals surface area (Å²) >= 11 is 13.5. The number of carbonyl (C=O) groups is 1. The van der Waals surface area contributed by atoms with E-state index in [0.29, 0.717) is 21.3 Å². The Morgan fingerprint density at radius 3 is 2.65 bits per heavy atom. The molecule has 20 heavy (non-hydrogen) atoms. The Morgan fingerprint density at radius 2 is 1.95 bits per heavy atom. The molecule has 0 saturated heterocycles. The minimum atomic E-state index is -0.470. The lowest BCUT2D eigenvalue weighted by atomic mass is 10.2. The average Bonchev–Trinajstić information content (AvgIpc) is 2.44. The molecule has 0 aromatic heterocycles. The third-order valence-electron chi connectivity index (χ3n) is 2.55. The van der Waals surface area contributed by atoms with Gasteiger partial charge in [-0.3, -0.25) is 0 Å². The highest BCUT2D eigenvalue weighted by atomic mass is 35.5. The van der Waals surface area contributed by atoms with Gasteiger partial charge in [-0.15, -0.1) is 0 Å². The van der Waals surface area contributed by atoms with Crippen LogP contribution in [0.1, 0.15) is 10.4 Å². The van der Waals surface area contributed by atoms with Crippen molar-refractivity contribution in [1.82, 2.24) is 0 Å². The molecule has 0 radical (unpaired) electrons. The van der Waals surface area contributed by atoms with Gasteiger partial charge in [-0.2, -0.15) is 0 Å². The molecule has 0 aliphatic carbocycles. The Labute approximate surface area is 131 Å². The van der Waals surface area contributed by atoms with Crippen molar-refractivity contribution in [3.63, 3.8) is 0 Å². The average molecular weight is 328 g/mol. The van der Waals surface area contributed by atoms with Crippen molar-refractivity contribution in [3.05, 3.63) is 52.0 Å². The molecule has 0 unspecified atom stereocenters. The van der Waals surface area contributed by atoms with E-state index < -0.39 is 5.97 Å². The minimum Gasteiger partial charge on any atom is -0.465 e. The summed E-state index contributed by atoms with van der Waals surface area (Å²) < 4.78 is 4.69. The lowest BCUT2D eigenvalue weighted by Gasteiger charge is -2.08. The topological polar surface area (TPSA) is 52.3 Å². The van der Waals surface area contributed by atoms with Crippen molar-refractivity contribution < 1.29 is 9.53 Å². The number of nitrogen functional groups attached to an aromatic ring is 1. The zero-order valence-electron chi connectivity index (χ0n) is 10.5. The SMILES string of the molecule is COC(=O)c1cc(Sc2cc(Cl)ccc2Cl)ccc1N. The van der Waals surface area contributed by atoms with Crippen LogP contribution in [0.4, 0.5) is 5.69 Å². The molecule has 3 nitrogen and oxygen atoms in total. The fourth-order valence-corrected chi connectivity index (χ4v) is 2.96. The van der Waals surface area contributed by atoms with Crippen molar-refractivity contribution in [3.8, 4) is 0 Å². The van der Waals surface area contributed by atoms with Gasteiger partial charge in [-0.25, -0.2) is 4.79 Å². The second kappa shape index (κ2) is 6.39. The highest BCUT2D eigenvalue weighted by Gasteiger charge is 2.12. The monoisotopic (exact) mass is 327 g/mol. The number of rotatable bonds is 3. The summed E-state index contributed by atoms with van der Waals surface area (Å²) in [6.07, 6.45) is 0. The highest BCUT2D eigenvalue weighted by molar-refractivity contribution is 7.99. The maximum Gasteiger partial charge on any atom is 0.339 e. The lowest BCUT2D eigenvalue weighted by Crippen LogP contribution is -2.05. The first-order valence-corrected chi connectivity index (χ1v) is 7.19. The van der Waals surface area contributed by atoms with Gasteiger partial charge in [0.25, 0.3) is 0 Å². The van der Waals surface area contributed by atoms with E-state index in [1.165, 1.54) is 18.9 Å². The van der Waals surface area contributed by atoms with E-state index in [2.05, 4.69) is 4.74 Å². The summed E-state index contributed by atoms with van der Waals surface area (Å²) in [6.45, 7) is 0. The van der Waals surface area contributed by atoms with Gasteiger partial charge >= 0.3 is 5.97 Å². The summed E-state index contributed by atoms with van der Waals surface area (Å²) in [6, 6.07) is 10.4. The second-order valence-corrected chi connectivity index (χ2v) is 5.88. The predicted molar refractivity (Wildman–Crippen MR) is 82.8 cm³/mol. The van der Waals surface area contributed by atoms with E-state index in [1.807, 2.05) is 6.07 Å². The predicted octanol–water partition coefficient (Wildman–Crippen LogP) is 4.51. The van der Waals surface area contributed by atoms with E-state index in [1.54, 1.807) is 30.3 Å². The number of nitrogens with two attached hydrogens (primary N) is 1. The lowest BCUT2D eigenvalue weighted by molar-refractivity contribution is 0.0601. The molecule has 0 spiro atoms. The van der Waals surface area contributed by atoms with Crippen LogP contribution in [0.5, 0.6) is 0 Å². The van der Waals surface area contributed by atoms with Crippen molar-refractivity contribution in [2.45, 2.75) is 9.79 Å². The van der Waals surface area contributed by atoms with Crippen LogP contribution in [-0.2, 0) is 4.74 Å². The second-order valence-electron chi connectivity index (χ2n) is 3.92. The first-order valence-electron chi connectivity index (χ1n) is 5.62. The normalized spacial score (nSPS) is 10.3. The van der Waals surface area contributed by atoms with Crippen LogP contribution in [0.2, 0.25) is 10.0 Å². The zero-order valence-corrected chi connectivity index (χ0v) is 12.9. The van der Waals surface area contributed by atoms with E-state index in [4.69, 9.17) is 28.9 Å². The van der Waals surface area contributed by atoms with Crippen LogP contribution < -0.4 is 5.73 Å². The number of halogens is 2. The quantitative estimate of drug-likeness (QED) is 0.665. The molecule has 2 aromatic rings. The van der Waals surface area contributed by atoms with Gasteiger partial charge in [0, 0.05) is 20.5 Å². The van der Waals surface area contributed by atoms with Crippen LogP contribution in [0, 0.1) is 0 Å². The van der Waals surface area contributed by atoms with Crippen LogP contribution in [0.25, 0.3) is 0 Å². The summed E-state index contributed by atoms with van der Waals surface area (Å²) in [7, 11) is 1.31. The molecule has 0 aliphatic heterocycles. The maximum atomic E-state index is 11.6. The third-order valence-corrected chi connectivity index (χ3v) is 4.28. The summed E-state index contributed by atoms with van der Waals surface area (Å²) in [4.78, 5) is 13.2. The molecule has 0 heterocycles. The number of methoxy groups -OCH3 is 1. The van der Waals surface area contributed by atoms with E-state index >= 15 is 0 Å². The molecule has 104 valence electrons. The summed E-state index contributed by atoms with van der Waals surface area (Å²) in [5.74, 6) is -0.470. The molecule has 0 atom stereocenters. The number of esters is 1. The number of hydrogen-bond donors (Lipinski definition) is 1. The molecular weight excluding hydrogens is 317 g/mol. The molecule has 2 N–H and O–H groups in total.